The van der Waals surface area contributed by atoms with E-state index in [1.54, 1.807) is 24.3 Å². The molecule has 0 saturated heterocycles. The average Bonchev–Trinajstić information content (AvgIpc) is 2.82. The maximum atomic E-state index is 11.6. The van der Waals surface area contributed by atoms with E-state index in [1.165, 1.54) is 0 Å². The van der Waals surface area contributed by atoms with Crippen LogP contribution in [0.25, 0.3) is 0 Å². The van der Waals surface area contributed by atoms with E-state index in [2.05, 4.69) is 10.6 Å². The van der Waals surface area contributed by atoms with Crippen molar-refractivity contribution in [2.75, 3.05) is 39.5 Å². The van der Waals surface area contributed by atoms with Gasteiger partial charge in [0.05, 0.1) is 13.2 Å². The van der Waals surface area contributed by atoms with E-state index in [0.717, 1.165) is 25.7 Å². The topological polar surface area (TPSA) is 136 Å². The van der Waals surface area contributed by atoms with E-state index < -0.39 is 30.7 Å². The number of amides is 2. The van der Waals surface area contributed by atoms with E-state index in [9.17, 15) is 19.8 Å². The highest BCUT2D eigenvalue weighted by atomic mass is 16.7. The number of alkyl carbamates (subject to hydrolysis) is 2. The Balaban J connectivity index is 2.42. The predicted octanol–water partition coefficient (Wildman–Crippen LogP) is 2.49. The Morgan fingerprint density at radius 1 is 0.788 bits per heavy atom. The fourth-order valence-electron chi connectivity index (χ4n) is 2.52. The number of ether oxygens (including phenoxy) is 4. The molecule has 188 valence electrons. The molecule has 0 fully saturated rings. The number of carbonyl (C=O) groups excluding carboxylic acids is 2. The van der Waals surface area contributed by atoms with Crippen molar-refractivity contribution in [1.82, 2.24) is 10.6 Å². The number of rotatable bonds is 17. The number of unbranched alkanes of at least 4 members (excludes halogenated alkanes) is 2. The number of aliphatic hydroxyl groups is 2. The monoisotopic (exact) mass is 470 g/mol. The van der Waals surface area contributed by atoms with Crippen LogP contribution in [0.2, 0.25) is 0 Å². The molecular weight excluding hydrogens is 432 g/mol. The third-order valence-corrected chi connectivity index (χ3v) is 4.36. The molecule has 0 aliphatic heterocycles. The van der Waals surface area contributed by atoms with E-state index in [4.69, 9.17) is 18.9 Å². The molecule has 10 heteroatoms. The molecule has 1 rings (SSSR count). The first-order chi connectivity index (χ1) is 16.0. The standard InChI is InChI=1S/C23H38N2O8/c1-3-5-12-24-22(28)32-16-19(26)14-30-21(18-10-8-7-9-11-18)31-15-20(27)17-33-23(29)25-13-6-4-2/h7-11,19-21,26-27H,3-6,12-17H2,1-2H3,(H,24,28)(H,25,29). The second-order valence-electron chi connectivity index (χ2n) is 7.47. The van der Waals surface area contributed by atoms with Crippen LogP contribution in [-0.2, 0) is 18.9 Å². The zero-order valence-corrected chi connectivity index (χ0v) is 19.5. The summed E-state index contributed by atoms with van der Waals surface area (Å²) in [4.78, 5) is 23.1. The summed E-state index contributed by atoms with van der Waals surface area (Å²) in [6, 6.07) is 8.99. The Morgan fingerprint density at radius 3 is 1.67 bits per heavy atom. The highest BCUT2D eigenvalue weighted by molar-refractivity contribution is 5.67. The van der Waals surface area contributed by atoms with E-state index in [0.29, 0.717) is 18.7 Å². The van der Waals surface area contributed by atoms with Gasteiger partial charge in [-0.25, -0.2) is 9.59 Å². The van der Waals surface area contributed by atoms with Gasteiger partial charge in [-0.05, 0) is 12.8 Å². The molecule has 2 atom stereocenters. The number of nitrogens with one attached hydrogen (secondary N) is 2. The lowest BCUT2D eigenvalue weighted by Gasteiger charge is -2.22. The molecular formula is C23H38N2O8. The van der Waals surface area contributed by atoms with Crippen LogP contribution in [0.3, 0.4) is 0 Å². The van der Waals surface area contributed by atoms with E-state index >= 15 is 0 Å². The Morgan fingerprint density at radius 2 is 1.24 bits per heavy atom. The highest BCUT2D eigenvalue weighted by Gasteiger charge is 2.18. The smallest absolute Gasteiger partial charge is 0.407 e. The molecule has 0 aliphatic rings. The van der Waals surface area contributed by atoms with Gasteiger partial charge in [0.25, 0.3) is 0 Å². The molecule has 33 heavy (non-hydrogen) atoms. The first-order valence-corrected chi connectivity index (χ1v) is 11.4. The lowest BCUT2D eigenvalue weighted by atomic mass is 10.2. The van der Waals surface area contributed by atoms with Gasteiger partial charge in [-0.15, -0.1) is 0 Å². The third-order valence-electron chi connectivity index (χ3n) is 4.36. The van der Waals surface area contributed by atoms with Gasteiger partial charge in [-0.1, -0.05) is 57.0 Å². The normalized spacial score (nSPS) is 13.6. The van der Waals surface area contributed by atoms with Crippen LogP contribution in [0.5, 0.6) is 0 Å². The van der Waals surface area contributed by atoms with Gasteiger partial charge in [-0.2, -0.15) is 0 Å². The lowest BCUT2D eigenvalue weighted by Crippen LogP contribution is -2.32. The summed E-state index contributed by atoms with van der Waals surface area (Å²) in [5.41, 5.74) is 0.674. The third kappa shape index (κ3) is 14.4. The zero-order chi connectivity index (χ0) is 24.3. The minimum absolute atomic E-state index is 0.159. The minimum Gasteiger partial charge on any atom is -0.447 e. The van der Waals surface area contributed by atoms with E-state index in [1.807, 2.05) is 19.9 Å². The zero-order valence-electron chi connectivity index (χ0n) is 19.5. The Labute approximate surface area is 195 Å². The van der Waals surface area contributed by atoms with Crippen molar-refractivity contribution in [3.05, 3.63) is 35.9 Å². The van der Waals surface area contributed by atoms with Gasteiger partial charge in [0, 0.05) is 18.7 Å². The van der Waals surface area contributed by atoms with Gasteiger partial charge in [0.15, 0.2) is 6.29 Å². The molecule has 0 radical (unpaired) electrons. The summed E-state index contributed by atoms with van der Waals surface area (Å²) in [5, 5.41) is 25.3. The van der Waals surface area contributed by atoms with Crippen molar-refractivity contribution in [2.24, 2.45) is 0 Å². The molecule has 4 N–H and O–H groups in total. The molecule has 0 heterocycles. The van der Waals surface area contributed by atoms with Crippen molar-refractivity contribution in [3.8, 4) is 0 Å². The number of aliphatic hydroxyl groups excluding tert-OH is 2. The fourth-order valence-corrected chi connectivity index (χ4v) is 2.52. The molecule has 2 amide bonds. The second kappa shape index (κ2) is 18.1. The maximum absolute atomic E-state index is 11.6. The van der Waals surface area contributed by atoms with Crippen LogP contribution in [-0.4, -0.2) is 74.1 Å². The summed E-state index contributed by atoms with van der Waals surface area (Å²) < 4.78 is 21.2. The molecule has 0 saturated carbocycles. The van der Waals surface area contributed by atoms with Crippen LogP contribution in [0.4, 0.5) is 9.59 Å². The van der Waals surface area contributed by atoms with E-state index in [-0.39, 0.29) is 26.4 Å². The molecule has 0 aliphatic carbocycles. The van der Waals surface area contributed by atoms with Gasteiger partial charge < -0.3 is 39.8 Å². The Hall–Kier alpha value is -2.40. The number of carbonyl (C=O) groups is 2. The van der Waals surface area contributed by atoms with Crippen LogP contribution in [0, 0.1) is 0 Å². The molecule has 2 unspecified atom stereocenters. The van der Waals surface area contributed by atoms with Crippen molar-refractivity contribution in [1.29, 1.82) is 0 Å². The minimum atomic E-state index is -1.06. The Bertz CT molecular complexity index is 611. The average molecular weight is 471 g/mol. The quantitative estimate of drug-likeness (QED) is 0.201. The molecule has 1 aromatic rings. The van der Waals surface area contributed by atoms with Crippen molar-refractivity contribution >= 4 is 12.2 Å². The van der Waals surface area contributed by atoms with Crippen LogP contribution in [0.15, 0.2) is 30.3 Å². The Kier molecular flexibility index (Phi) is 15.7. The van der Waals surface area contributed by atoms with Crippen LogP contribution >= 0.6 is 0 Å². The fraction of sp³-hybridized carbons (Fsp3) is 0.652. The van der Waals surface area contributed by atoms with Crippen molar-refractivity contribution in [2.45, 2.75) is 58.0 Å². The van der Waals surface area contributed by atoms with Gasteiger partial charge in [0.2, 0.25) is 0 Å². The predicted molar refractivity (Wildman–Crippen MR) is 122 cm³/mol. The van der Waals surface area contributed by atoms with Crippen LogP contribution < -0.4 is 10.6 Å². The summed E-state index contributed by atoms with van der Waals surface area (Å²) in [7, 11) is 0. The molecule has 0 spiro atoms. The molecule has 0 bridgehead atoms. The van der Waals surface area contributed by atoms with Crippen molar-refractivity contribution in [3.63, 3.8) is 0 Å². The number of hydrogen-bond donors (Lipinski definition) is 4. The van der Waals surface area contributed by atoms with Gasteiger partial charge >= 0.3 is 12.2 Å². The SMILES string of the molecule is CCCCNC(=O)OCC(O)COC(OCC(O)COC(=O)NCCCC)c1ccccc1. The van der Waals surface area contributed by atoms with Crippen molar-refractivity contribution < 1.29 is 38.7 Å². The summed E-state index contributed by atoms with van der Waals surface area (Å²) in [6.07, 6.45) is -0.606. The maximum Gasteiger partial charge on any atom is 0.407 e. The first kappa shape index (κ1) is 28.6. The molecule has 10 nitrogen and oxygen atoms in total. The van der Waals surface area contributed by atoms with Crippen LogP contribution in [0.1, 0.15) is 51.4 Å². The summed E-state index contributed by atoms with van der Waals surface area (Å²) in [5.74, 6) is 0. The number of hydrogen-bond acceptors (Lipinski definition) is 8. The largest absolute Gasteiger partial charge is 0.447 e. The molecule has 1 aromatic carbocycles. The summed E-state index contributed by atoms with van der Waals surface area (Å²) in [6.45, 7) is 4.26. The van der Waals surface area contributed by atoms with Gasteiger partial charge in [0.1, 0.15) is 25.4 Å². The second-order valence-corrected chi connectivity index (χ2v) is 7.47. The highest BCUT2D eigenvalue weighted by Crippen LogP contribution is 2.19. The first-order valence-electron chi connectivity index (χ1n) is 11.4. The van der Waals surface area contributed by atoms with Gasteiger partial charge in [-0.3, -0.25) is 0 Å². The summed E-state index contributed by atoms with van der Waals surface area (Å²) >= 11 is 0. The molecule has 0 aromatic heterocycles. The lowest BCUT2D eigenvalue weighted by molar-refractivity contribution is -0.179. The number of benzene rings is 1.